The second-order valence-corrected chi connectivity index (χ2v) is 5.30. The first-order valence-corrected chi connectivity index (χ1v) is 7.25. The second-order valence-electron chi connectivity index (χ2n) is 4.89. The van der Waals surface area contributed by atoms with Crippen molar-refractivity contribution in [2.24, 2.45) is 0 Å². The van der Waals surface area contributed by atoms with Crippen LogP contribution in [0.1, 0.15) is 12.5 Å². The molecule has 1 atom stereocenters. The number of hydrogen-bond donors (Lipinski definition) is 1. The third-order valence-corrected chi connectivity index (χ3v) is 3.57. The lowest BCUT2D eigenvalue weighted by Crippen LogP contribution is -2.30. The van der Waals surface area contributed by atoms with Crippen LogP contribution in [0.15, 0.2) is 42.5 Å². The normalized spacial score (nSPS) is 11.6. The molecule has 0 bridgehead atoms. The number of aryl methyl sites for hydroxylation is 1. The van der Waals surface area contributed by atoms with E-state index in [0.717, 1.165) is 5.56 Å². The van der Waals surface area contributed by atoms with Crippen LogP contribution < -0.4 is 14.8 Å². The Labute approximate surface area is 135 Å². The number of benzene rings is 2. The van der Waals surface area contributed by atoms with Gasteiger partial charge in [0.15, 0.2) is 6.10 Å². The SMILES string of the molecule is COc1cccc(NC(=O)C(C)Oc2ccc(Cl)c(C)c2)c1. The van der Waals surface area contributed by atoms with Gasteiger partial charge < -0.3 is 14.8 Å². The quantitative estimate of drug-likeness (QED) is 0.904. The van der Waals surface area contributed by atoms with E-state index in [2.05, 4.69) is 5.32 Å². The molecule has 116 valence electrons. The minimum absolute atomic E-state index is 0.235. The number of hydrogen-bond acceptors (Lipinski definition) is 3. The first kappa shape index (κ1) is 16.2. The summed E-state index contributed by atoms with van der Waals surface area (Å²) in [6.45, 7) is 3.58. The van der Waals surface area contributed by atoms with E-state index in [1.165, 1.54) is 0 Å². The molecule has 2 aromatic carbocycles. The van der Waals surface area contributed by atoms with Gasteiger partial charge in [-0.05, 0) is 49.7 Å². The zero-order valence-electron chi connectivity index (χ0n) is 12.7. The molecule has 2 aromatic rings. The van der Waals surface area contributed by atoms with E-state index in [1.807, 2.05) is 19.1 Å². The third-order valence-electron chi connectivity index (χ3n) is 3.15. The van der Waals surface area contributed by atoms with E-state index in [0.29, 0.717) is 22.2 Å². The maximum absolute atomic E-state index is 12.2. The fraction of sp³-hybridized carbons (Fsp3) is 0.235. The molecular formula is C17H18ClNO3. The van der Waals surface area contributed by atoms with Crippen LogP contribution in [0, 0.1) is 6.92 Å². The Morgan fingerprint density at radius 2 is 1.95 bits per heavy atom. The number of rotatable bonds is 5. The molecule has 0 radical (unpaired) electrons. The van der Waals surface area contributed by atoms with Gasteiger partial charge in [-0.15, -0.1) is 0 Å². The van der Waals surface area contributed by atoms with Crippen LogP contribution in [0.3, 0.4) is 0 Å². The van der Waals surface area contributed by atoms with Crippen LogP contribution >= 0.6 is 11.6 Å². The molecule has 0 fully saturated rings. The maximum atomic E-state index is 12.2. The Morgan fingerprint density at radius 3 is 2.64 bits per heavy atom. The Morgan fingerprint density at radius 1 is 1.18 bits per heavy atom. The molecule has 0 heterocycles. The van der Waals surface area contributed by atoms with Crippen molar-refractivity contribution in [3.05, 3.63) is 53.1 Å². The zero-order chi connectivity index (χ0) is 16.1. The Hall–Kier alpha value is -2.20. The second kappa shape index (κ2) is 7.18. The molecule has 22 heavy (non-hydrogen) atoms. The van der Waals surface area contributed by atoms with Gasteiger partial charge in [0.2, 0.25) is 0 Å². The molecule has 1 unspecified atom stereocenters. The molecule has 0 aromatic heterocycles. The third kappa shape index (κ3) is 4.15. The minimum atomic E-state index is -0.633. The molecule has 0 saturated carbocycles. The van der Waals surface area contributed by atoms with E-state index >= 15 is 0 Å². The first-order chi connectivity index (χ1) is 10.5. The number of carbonyl (C=O) groups is 1. The molecular weight excluding hydrogens is 302 g/mol. The molecule has 0 saturated heterocycles. The smallest absolute Gasteiger partial charge is 0.265 e. The molecule has 5 heteroatoms. The first-order valence-electron chi connectivity index (χ1n) is 6.87. The Kier molecular flexibility index (Phi) is 5.28. The van der Waals surface area contributed by atoms with Gasteiger partial charge >= 0.3 is 0 Å². The number of nitrogens with one attached hydrogen (secondary N) is 1. The lowest BCUT2D eigenvalue weighted by Gasteiger charge is -2.15. The average molecular weight is 320 g/mol. The van der Waals surface area contributed by atoms with Crippen molar-refractivity contribution in [1.29, 1.82) is 0 Å². The summed E-state index contributed by atoms with van der Waals surface area (Å²) in [5, 5.41) is 3.46. The van der Waals surface area contributed by atoms with Crippen LogP contribution in [0.2, 0.25) is 5.02 Å². The van der Waals surface area contributed by atoms with E-state index in [1.54, 1.807) is 44.4 Å². The largest absolute Gasteiger partial charge is 0.497 e. The molecule has 4 nitrogen and oxygen atoms in total. The summed E-state index contributed by atoms with van der Waals surface area (Å²) in [5.74, 6) is 1.05. The monoisotopic (exact) mass is 319 g/mol. The van der Waals surface area contributed by atoms with Crippen LogP contribution in [0.5, 0.6) is 11.5 Å². The van der Waals surface area contributed by atoms with Crippen molar-refractivity contribution in [3.8, 4) is 11.5 Å². The lowest BCUT2D eigenvalue weighted by atomic mass is 10.2. The van der Waals surface area contributed by atoms with Gasteiger partial charge in [0.25, 0.3) is 5.91 Å². The van der Waals surface area contributed by atoms with Crippen molar-refractivity contribution < 1.29 is 14.3 Å². The predicted octanol–water partition coefficient (Wildman–Crippen LogP) is 4.06. The number of ether oxygens (including phenoxy) is 2. The van der Waals surface area contributed by atoms with Gasteiger partial charge in [0, 0.05) is 16.8 Å². The summed E-state index contributed by atoms with van der Waals surface area (Å²) >= 11 is 5.97. The number of carbonyl (C=O) groups excluding carboxylic acids is 1. The highest BCUT2D eigenvalue weighted by atomic mass is 35.5. The van der Waals surface area contributed by atoms with Gasteiger partial charge in [-0.1, -0.05) is 17.7 Å². The number of methoxy groups -OCH3 is 1. The van der Waals surface area contributed by atoms with E-state index < -0.39 is 6.10 Å². The molecule has 0 aliphatic heterocycles. The summed E-state index contributed by atoms with van der Waals surface area (Å²) in [6, 6.07) is 12.5. The van der Waals surface area contributed by atoms with Gasteiger partial charge in [0.1, 0.15) is 11.5 Å². The van der Waals surface area contributed by atoms with Gasteiger partial charge in [-0.3, -0.25) is 4.79 Å². The number of halogens is 1. The van der Waals surface area contributed by atoms with E-state index in [9.17, 15) is 4.79 Å². The topological polar surface area (TPSA) is 47.6 Å². The Balaban J connectivity index is 2.00. The van der Waals surface area contributed by atoms with Crippen molar-refractivity contribution in [3.63, 3.8) is 0 Å². The maximum Gasteiger partial charge on any atom is 0.265 e. The van der Waals surface area contributed by atoms with Gasteiger partial charge in [0.05, 0.1) is 7.11 Å². The van der Waals surface area contributed by atoms with Crippen LogP contribution in [0.25, 0.3) is 0 Å². The molecule has 0 aliphatic rings. The van der Waals surface area contributed by atoms with Gasteiger partial charge in [-0.25, -0.2) is 0 Å². The number of amides is 1. The van der Waals surface area contributed by atoms with E-state index in [-0.39, 0.29) is 5.91 Å². The Bertz CT molecular complexity index is 673. The van der Waals surface area contributed by atoms with E-state index in [4.69, 9.17) is 21.1 Å². The van der Waals surface area contributed by atoms with Gasteiger partial charge in [-0.2, -0.15) is 0 Å². The number of anilines is 1. The summed E-state index contributed by atoms with van der Waals surface area (Å²) in [4.78, 5) is 12.2. The molecule has 1 N–H and O–H groups in total. The average Bonchev–Trinajstić information content (AvgIpc) is 2.51. The molecule has 0 spiro atoms. The standard InChI is InChI=1S/C17H18ClNO3/c1-11-9-15(7-8-16(11)18)22-12(2)17(20)19-13-5-4-6-14(10-13)21-3/h4-10,12H,1-3H3,(H,19,20). The summed E-state index contributed by atoms with van der Waals surface area (Å²) in [6.07, 6.45) is -0.633. The minimum Gasteiger partial charge on any atom is -0.497 e. The highest BCUT2D eigenvalue weighted by Gasteiger charge is 2.15. The van der Waals surface area contributed by atoms with Crippen LogP contribution in [-0.2, 0) is 4.79 Å². The fourth-order valence-electron chi connectivity index (χ4n) is 1.89. The predicted molar refractivity (Wildman–Crippen MR) is 87.9 cm³/mol. The summed E-state index contributed by atoms with van der Waals surface area (Å²) < 4.78 is 10.8. The van der Waals surface area contributed by atoms with Crippen LogP contribution in [-0.4, -0.2) is 19.1 Å². The van der Waals surface area contributed by atoms with Crippen molar-refractivity contribution in [1.82, 2.24) is 0 Å². The molecule has 2 rings (SSSR count). The molecule has 1 amide bonds. The van der Waals surface area contributed by atoms with Crippen molar-refractivity contribution in [2.75, 3.05) is 12.4 Å². The fourth-order valence-corrected chi connectivity index (χ4v) is 2.01. The summed E-state index contributed by atoms with van der Waals surface area (Å²) in [5.41, 5.74) is 1.56. The summed E-state index contributed by atoms with van der Waals surface area (Å²) in [7, 11) is 1.58. The van der Waals surface area contributed by atoms with Crippen LogP contribution in [0.4, 0.5) is 5.69 Å². The van der Waals surface area contributed by atoms with Crippen molar-refractivity contribution >= 4 is 23.2 Å². The highest BCUT2D eigenvalue weighted by Crippen LogP contribution is 2.22. The highest BCUT2D eigenvalue weighted by molar-refractivity contribution is 6.31. The zero-order valence-corrected chi connectivity index (χ0v) is 13.5. The molecule has 0 aliphatic carbocycles. The lowest BCUT2D eigenvalue weighted by molar-refractivity contribution is -0.122. The van der Waals surface area contributed by atoms with Crippen molar-refractivity contribution in [2.45, 2.75) is 20.0 Å².